The molecule has 0 N–H and O–H groups in total. The van der Waals surface area contributed by atoms with Gasteiger partial charge in [0, 0.05) is 0 Å². The van der Waals surface area contributed by atoms with E-state index in [0.29, 0.717) is 23.9 Å². The minimum Gasteiger partial charge on any atom is -0.461 e. The van der Waals surface area contributed by atoms with E-state index >= 15 is 0 Å². The molecule has 0 saturated heterocycles. The van der Waals surface area contributed by atoms with E-state index in [1.165, 1.54) is 6.92 Å². The SMILES string of the molecule is CCC(C(C)=O)c1nc(-c2occc2C)no1. The fraction of sp³-hybridized carbons (Fsp3) is 0.417. The Morgan fingerprint density at radius 1 is 1.53 bits per heavy atom. The van der Waals surface area contributed by atoms with Crippen LogP contribution in [0.15, 0.2) is 21.3 Å². The lowest BCUT2D eigenvalue weighted by atomic mass is 10.0. The Labute approximate surface area is 98.8 Å². The van der Waals surface area contributed by atoms with Crippen LogP contribution in [-0.2, 0) is 4.79 Å². The third-order valence-electron chi connectivity index (χ3n) is 2.70. The predicted molar refractivity (Wildman–Crippen MR) is 60.5 cm³/mol. The van der Waals surface area contributed by atoms with Crippen molar-refractivity contribution in [3.05, 3.63) is 23.8 Å². The van der Waals surface area contributed by atoms with Crippen molar-refractivity contribution in [2.75, 3.05) is 0 Å². The van der Waals surface area contributed by atoms with E-state index < -0.39 is 0 Å². The number of furan rings is 1. The lowest BCUT2D eigenvalue weighted by molar-refractivity contribution is -0.119. The van der Waals surface area contributed by atoms with Gasteiger partial charge in [0.15, 0.2) is 5.76 Å². The summed E-state index contributed by atoms with van der Waals surface area (Å²) in [6.07, 6.45) is 2.22. The molecule has 17 heavy (non-hydrogen) atoms. The highest BCUT2D eigenvalue weighted by Crippen LogP contribution is 2.25. The van der Waals surface area contributed by atoms with Gasteiger partial charge in [-0.05, 0) is 31.9 Å². The molecule has 0 fully saturated rings. The molecule has 1 unspecified atom stereocenters. The van der Waals surface area contributed by atoms with Gasteiger partial charge >= 0.3 is 0 Å². The number of nitrogens with zero attached hydrogens (tertiary/aromatic N) is 2. The average molecular weight is 234 g/mol. The molecule has 2 heterocycles. The average Bonchev–Trinajstić information content (AvgIpc) is 2.87. The van der Waals surface area contributed by atoms with Crippen LogP contribution in [-0.4, -0.2) is 15.9 Å². The molecule has 5 heteroatoms. The molecule has 2 aromatic heterocycles. The van der Waals surface area contributed by atoms with E-state index in [1.54, 1.807) is 6.26 Å². The molecule has 2 aromatic rings. The second-order valence-electron chi connectivity index (χ2n) is 3.96. The maximum Gasteiger partial charge on any atom is 0.238 e. The topological polar surface area (TPSA) is 69.1 Å². The van der Waals surface area contributed by atoms with E-state index in [4.69, 9.17) is 8.94 Å². The van der Waals surface area contributed by atoms with Crippen LogP contribution in [0.2, 0.25) is 0 Å². The minimum absolute atomic E-state index is 0.0267. The van der Waals surface area contributed by atoms with Gasteiger partial charge in [0.2, 0.25) is 11.7 Å². The summed E-state index contributed by atoms with van der Waals surface area (Å²) in [6, 6.07) is 1.83. The van der Waals surface area contributed by atoms with E-state index in [2.05, 4.69) is 10.1 Å². The second-order valence-corrected chi connectivity index (χ2v) is 3.96. The van der Waals surface area contributed by atoms with Gasteiger partial charge in [0.25, 0.3) is 0 Å². The molecule has 0 radical (unpaired) electrons. The highest BCUT2D eigenvalue weighted by molar-refractivity contribution is 5.82. The number of carbonyl (C=O) groups excluding carboxylic acids is 1. The van der Waals surface area contributed by atoms with Crippen LogP contribution < -0.4 is 0 Å². The van der Waals surface area contributed by atoms with Crippen molar-refractivity contribution in [2.45, 2.75) is 33.1 Å². The summed E-state index contributed by atoms with van der Waals surface area (Å²) in [5.74, 6) is 1.02. The van der Waals surface area contributed by atoms with Gasteiger partial charge < -0.3 is 8.94 Å². The van der Waals surface area contributed by atoms with Crippen molar-refractivity contribution >= 4 is 5.78 Å². The van der Waals surface area contributed by atoms with Crippen molar-refractivity contribution in [1.82, 2.24) is 10.1 Å². The Morgan fingerprint density at radius 2 is 2.29 bits per heavy atom. The van der Waals surface area contributed by atoms with Crippen molar-refractivity contribution in [1.29, 1.82) is 0 Å². The Balaban J connectivity index is 2.33. The number of aromatic nitrogens is 2. The Kier molecular flexibility index (Phi) is 3.08. The maximum absolute atomic E-state index is 11.4. The van der Waals surface area contributed by atoms with Crippen LogP contribution in [0.3, 0.4) is 0 Å². The molecular weight excluding hydrogens is 220 g/mol. The number of Topliss-reactive ketones (excluding diaryl/α,β-unsaturated/α-hetero) is 1. The smallest absolute Gasteiger partial charge is 0.238 e. The summed E-state index contributed by atoms with van der Waals surface area (Å²) in [5, 5.41) is 3.84. The molecule has 0 saturated carbocycles. The molecule has 0 aromatic carbocycles. The molecule has 2 rings (SSSR count). The van der Waals surface area contributed by atoms with Crippen molar-refractivity contribution in [3.8, 4) is 11.6 Å². The summed E-state index contributed by atoms with van der Waals surface area (Å²) >= 11 is 0. The first kappa shape index (κ1) is 11.6. The number of hydrogen-bond donors (Lipinski definition) is 0. The molecule has 0 aliphatic carbocycles. The van der Waals surface area contributed by atoms with Crippen LogP contribution >= 0.6 is 0 Å². The van der Waals surface area contributed by atoms with Crippen LogP contribution in [0.25, 0.3) is 11.6 Å². The first-order valence-corrected chi connectivity index (χ1v) is 5.52. The zero-order valence-corrected chi connectivity index (χ0v) is 10.1. The number of aryl methyl sites for hydroxylation is 1. The molecule has 0 aliphatic rings. The fourth-order valence-corrected chi connectivity index (χ4v) is 1.71. The fourth-order valence-electron chi connectivity index (χ4n) is 1.71. The maximum atomic E-state index is 11.4. The molecule has 90 valence electrons. The molecule has 0 aliphatic heterocycles. The number of hydrogen-bond acceptors (Lipinski definition) is 5. The summed E-state index contributed by atoms with van der Waals surface area (Å²) in [4.78, 5) is 15.6. The Hall–Kier alpha value is -1.91. The van der Waals surface area contributed by atoms with Crippen LogP contribution in [0, 0.1) is 6.92 Å². The molecule has 0 bridgehead atoms. The summed E-state index contributed by atoms with van der Waals surface area (Å²) in [6.45, 7) is 5.33. The molecule has 0 spiro atoms. The quantitative estimate of drug-likeness (QED) is 0.813. The largest absolute Gasteiger partial charge is 0.461 e. The zero-order valence-electron chi connectivity index (χ0n) is 10.1. The van der Waals surface area contributed by atoms with E-state index in [1.807, 2.05) is 19.9 Å². The number of rotatable bonds is 4. The van der Waals surface area contributed by atoms with Crippen LogP contribution in [0.1, 0.15) is 37.6 Å². The third-order valence-corrected chi connectivity index (χ3v) is 2.70. The lowest BCUT2D eigenvalue weighted by Crippen LogP contribution is -2.07. The summed E-state index contributed by atoms with van der Waals surface area (Å²) in [5.41, 5.74) is 0.938. The molecule has 5 nitrogen and oxygen atoms in total. The minimum atomic E-state index is -0.327. The van der Waals surface area contributed by atoms with E-state index in [9.17, 15) is 4.79 Å². The van der Waals surface area contributed by atoms with E-state index in [-0.39, 0.29) is 11.7 Å². The Morgan fingerprint density at radius 3 is 2.82 bits per heavy atom. The van der Waals surface area contributed by atoms with Gasteiger partial charge in [-0.15, -0.1) is 0 Å². The van der Waals surface area contributed by atoms with Gasteiger partial charge in [-0.25, -0.2) is 0 Å². The van der Waals surface area contributed by atoms with Crippen molar-refractivity contribution in [3.63, 3.8) is 0 Å². The van der Waals surface area contributed by atoms with Gasteiger partial charge in [0.1, 0.15) is 5.78 Å². The summed E-state index contributed by atoms with van der Waals surface area (Å²) in [7, 11) is 0. The first-order chi connectivity index (χ1) is 8.13. The van der Waals surface area contributed by atoms with E-state index in [0.717, 1.165) is 5.56 Å². The van der Waals surface area contributed by atoms with Gasteiger partial charge in [-0.2, -0.15) is 4.98 Å². The van der Waals surface area contributed by atoms with Crippen LogP contribution in [0.5, 0.6) is 0 Å². The molecule has 1 atom stereocenters. The monoisotopic (exact) mass is 234 g/mol. The predicted octanol–water partition coefficient (Wildman–Crippen LogP) is 2.72. The normalized spacial score (nSPS) is 12.6. The second kappa shape index (κ2) is 4.53. The first-order valence-electron chi connectivity index (χ1n) is 5.52. The van der Waals surface area contributed by atoms with Crippen molar-refractivity contribution < 1.29 is 13.7 Å². The lowest BCUT2D eigenvalue weighted by Gasteiger charge is -2.03. The molecular formula is C12H14N2O3. The third kappa shape index (κ3) is 2.13. The highest BCUT2D eigenvalue weighted by atomic mass is 16.5. The zero-order chi connectivity index (χ0) is 12.4. The van der Waals surface area contributed by atoms with Gasteiger partial charge in [-0.3, -0.25) is 4.79 Å². The van der Waals surface area contributed by atoms with Crippen LogP contribution in [0.4, 0.5) is 0 Å². The van der Waals surface area contributed by atoms with Gasteiger partial charge in [0.05, 0.1) is 12.2 Å². The summed E-state index contributed by atoms with van der Waals surface area (Å²) < 4.78 is 10.4. The number of carbonyl (C=O) groups is 1. The van der Waals surface area contributed by atoms with Gasteiger partial charge in [-0.1, -0.05) is 12.1 Å². The molecule has 0 amide bonds. The van der Waals surface area contributed by atoms with Crippen molar-refractivity contribution in [2.24, 2.45) is 0 Å². The Bertz CT molecular complexity index is 527. The standard InChI is InChI=1S/C12H14N2O3/c1-4-9(8(3)15)12-13-11(14-17-12)10-7(2)5-6-16-10/h5-6,9H,4H2,1-3H3. The number of ketones is 1. The highest BCUT2D eigenvalue weighted by Gasteiger charge is 2.23.